The second kappa shape index (κ2) is 8.82. The first-order valence-corrected chi connectivity index (χ1v) is 11.0. The van der Waals surface area contributed by atoms with E-state index in [0.29, 0.717) is 26.7 Å². The Bertz CT molecular complexity index is 1540. The molecule has 8 heteroatoms. The molecule has 0 saturated carbocycles. The van der Waals surface area contributed by atoms with Crippen molar-refractivity contribution in [2.45, 2.75) is 6.92 Å². The number of ketones is 1. The minimum Gasteiger partial charge on any atom is -0.461 e. The van der Waals surface area contributed by atoms with E-state index in [0.717, 1.165) is 11.1 Å². The zero-order valence-corrected chi connectivity index (χ0v) is 19.3. The van der Waals surface area contributed by atoms with Crippen molar-refractivity contribution in [3.63, 3.8) is 0 Å². The number of aromatic nitrogens is 1. The molecule has 0 aliphatic rings. The Morgan fingerprint density at radius 1 is 0.941 bits per heavy atom. The van der Waals surface area contributed by atoms with Crippen LogP contribution in [0, 0.1) is 0 Å². The average Bonchev–Trinajstić information content (AvgIpc) is 3.47. The Morgan fingerprint density at radius 2 is 1.71 bits per heavy atom. The van der Waals surface area contributed by atoms with Gasteiger partial charge in [0.1, 0.15) is 5.69 Å². The summed E-state index contributed by atoms with van der Waals surface area (Å²) in [6.45, 7) is 1.35. The van der Waals surface area contributed by atoms with Crippen molar-refractivity contribution >= 4 is 51.7 Å². The van der Waals surface area contributed by atoms with Crippen molar-refractivity contribution in [2.24, 2.45) is 0 Å². The fourth-order valence-electron chi connectivity index (χ4n) is 3.71. The largest absolute Gasteiger partial charge is 0.461 e. The van der Waals surface area contributed by atoms with Gasteiger partial charge in [-0.2, -0.15) is 0 Å². The van der Waals surface area contributed by atoms with E-state index in [1.165, 1.54) is 19.3 Å². The van der Waals surface area contributed by atoms with Crippen molar-refractivity contribution in [2.75, 3.05) is 5.32 Å². The second-order valence-electron chi connectivity index (χ2n) is 7.52. The van der Waals surface area contributed by atoms with Crippen LogP contribution in [0.3, 0.4) is 0 Å². The van der Waals surface area contributed by atoms with Crippen molar-refractivity contribution in [3.05, 3.63) is 94.6 Å². The van der Waals surface area contributed by atoms with Crippen molar-refractivity contribution < 1.29 is 18.4 Å². The predicted molar refractivity (Wildman–Crippen MR) is 131 cm³/mol. The third kappa shape index (κ3) is 3.98. The van der Waals surface area contributed by atoms with E-state index >= 15 is 0 Å². The first-order valence-electron chi connectivity index (χ1n) is 10.3. The lowest BCUT2D eigenvalue weighted by Gasteiger charge is -2.11. The highest BCUT2D eigenvalue weighted by molar-refractivity contribution is 6.33. The molecule has 0 aliphatic heterocycles. The van der Waals surface area contributed by atoms with E-state index in [-0.39, 0.29) is 28.8 Å². The molecule has 168 valence electrons. The second-order valence-corrected chi connectivity index (χ2v) is 8.36. The quantitative estimate of drug-likeness (QED) is 0.262. The summed E-state index contributed by atoms with van der Waals surface area (Å²) >= 11 is 12.6. The molecular weight excluding hydrogens is 475 g/mol. The number of halogens is 2. The zero-order chi connectivity index (χ0) is 23.8. The van der Waals surface area contributed by atoms with Gasteiger partial charge in [0.15, 0.2) is 5.76 Å². The number of anilines is 1. The van der Waals surface area contributed by atoms with Crippen molar-refractivity contribution in [1.82, 2.24) is 4.98 Å². The molecule has 0 bridgehead atoms. The summed E-state index contributed by atoms with van der Waals surface area (Å²) in [4.78, 5) is 29.8. The van der Waals surface area contributed by atoms with Gasteiger partial charge < -0.3 is 14.2 Å². The summed E-state index contributed by atoms with van der Waals surface area (Å²) in [6, 6.07) is 19.5. The summed E-state index contributed by atoms with van der Waals surface area (Å²) < 4.78 is 11.1. The maximum absolute atomic E-state index is 13.1. The molecule has 0 saturated heterocycles. The number of nitrogens with one attached hydrogen (secondary N) is 1. The van der Waals surface area contributed by atoms with Crippen LogP contribution in [0.4, 0.5) is 5.69 Å². The minimum atomic E-state index is -0.515. The molecule has 1 N–H and O–H groups in total. The number of amides is 1. The van der Waals surface area contributed by atoms with Gasteiger partial charge in [-0.3, -0.25) is 9.59 Å². The van der Waals surface area contributed by atoms with Crippen LogP contribution in [-0.2, 0) is 4.79 Å². The maximum Gasteiger partial charge on any atom is 0.265 e. The lowest BCUT2D eigenvalue weighted by molar-refractivity contribution is -0.114. The molecule has 5 aromatic rings. The Kier molecular flexibility index (Phi) is 5.69. The molecule has 0 aliphatic carbocycles. The average molecular weight is 491 g/mol. The molecule has 1 amide bonds. The number of pyridine rings is 1. The molecule has 34 heavy (non-hydrogen) atoms. The summed E-state index contributed by atoms with van der Waals surface area (Å²) in [5.74, 6) is -0.876. The number of carbonyl (C=O) groups excluding carboxylic acids is 2. The van der Waals surface area contributed by atoms with Crippen LogP contribution in [0.1, 0.15) is 23.2 Å². The van der Waals surface area contributed by atoms with Gasteiger partial charge in [-0.1, -0.05) is 53.5 Å². The Morgan fingerprint density at radius 3 is 2.38 bits per heavy atom. The topological polar surface area (TPSA) is 85.3 Å². The molecule has 5 rings (SSSR count). The number of hydrogen-bond acceptors (Lipinski definition) is 5. The van der Waals surface area contributed by atoms with Crippen LogP contribution in [0.5, 0.6) is 0 Å². The molecule has 0 fully saturated rings. The standard InChI is InChI=1S/C26H16Cl2N2O4/c1-14(31)29-23-19-13-18(15-8-10-16(27)11-9-15)22(17-5-2-3-6-20(17)28)30-26(19)34-25(23)24(32)21-7-4-12-33-21/h2-13H,1H3,(H,29,31). The van der Waals surface area contributed by atoms with Crippen LogP contribution in [0.15, 0.2) is 81.8 Å². The number of benzene rings is 2. The number of furan rings is 2. The number of fused-ring (bicyclic) bond motifs is 1. The van der Waals surface area contributed by atoms with Gasteiger partial charge in [0.05, 0.1) is 17.3 Å². The summed E-state index contributed by atoms with van der Waals surface area (Å²) in [5.41, 5.74) is 3.18. The lowest BCUT2D eigenvalue weighted by atomic mass is 9.98. The zero-order valence-electron chi connectivity index (χ0n) is 17.8. The van der Waals surface area contributed by atoms with Crippen molar-refractivity contribution in [3.8, 4) is 22.4 Å². The molecule has 0 atom stereocenters. The summed E-state index contributed by atoms with van der Waals surface area (Å²) in [5, 5.41) is 4.27. The highest BCUT2D eigenvalue weighted by Gasteiger charge is 2.27. The third-order valence-electron chi connectivity index (χ3n) is 5.22. The molecule has 0 radical (unpaired) electrons. The van der Waals surface area contributed by atoms with Gasteiger partial charge in [0, 0.05) is 28.1 Å². The lowest BCUT2D eigenvalue weighted by Crippen LogP contribution is -2.10. The smallest absolute Gasteiger partial charge is 0.265 e. The molecule has 3 heterocycles. The van der Waals surface area contributed by atoms with Crippen LogP contribution < -0.4 is 5.32 Å². The van der Waals surface area contributed by atoms with Crippen LogP contribution in [0.25, 0.3) is 33.5 Å². The van der Waals surface area contributed by atoms with Crippen molar-refractivity contribution in [1.29, 1.82) is 0 Å². The van der Waals surface area contributed by atoms with Gasteiger partial charge in [-0.05, 0) is 42.0 Å². The first-order chi connectivity index (χ1) is 16.4. The van der Waals surface area contributed by atoms with Gasteiger partial charge >= 0.3 is 0 Å². The van der Waals surface area contributed by atoms with E-state index in [1.807, 2.05) is 36.4 Å². The predicted octanol–water partition coefficient (Wildman–Crippen LogP) is 7.25. The van der Waals surface area contributed by atoms with Crippen LogP contribution >= 0.6 is 23.2 Å². The normalized spacial score (nSPS) is 11.0. The van der Waals surface area contributed by atoms with Gasteiger partial charge in [0.25, 0.3) is 5.78 Å². The van der Waals surface area contributed by atoms with Gasteiger partial charge in [-0.15, -0.1) is 0 Å². The monoisotopic (exact) mass is 490 g/mol. The Labute approximate surface area is 204 Å². The van der Waals surface area contributed by atoms with Gasteiger partial charge in [0.2, 0.25) is 17.4 Å². The molecule has 3 aromatic heterocycles. The Hall–Kier alpha value is -3.87. The summed E-state index contributed by atoms with van der Waals surface area (Å²) in [6.07, 6.45) is 1.39. The molecule has 0 spiro atoms. The highest BCUT2D eigenvalue weighted by Crippen LogP contribution is 2.41. The van der Waals surface area contributed by atoms with E-state index < -0.39 is 5.78 Å². The number of hydrogen-bond donors (Lipinski definition) is 1. The number of nitrogens with zero attached hydrogens (tertiary/aromatic N) is 1. The number of rotatable bonds is 5. The third-order valence-corrected chi connectivity index (χ3v) is 5.80. The van der Waals surface area contributed by atoms with E-state index in [9.17, 15) is 9.59 Å². The van der Waals surface area contributed by atoms with E-state index in [1.54, 1.807) is 24.3 Å². The molecule has 0 unspecified atom stereocenters. The molecule has 2 aromatic carbocycles. The van der Waals surface area contributed by atoms with Crippen LogP contribution in [0.2, 0.25) is 10.0 Å². The fourth-order valence-corrected chi connectivity index (χ4v) is 4.06. The van der Waals surface area contributed by atoms with E-state index in [2.05, 4.69) is 5.32 Å². The summed E-state index contributed by atoms with van der Waals surface area (Å²) in [7, 11) is 0. The molecule has 6 nitrogen and oxygen atoms in total. The number of carbonyl (C=O) groups is 2. The first kappa shape index (κ1) is 21.9. The van der Waals surface area contributed by atoms with Crippen LogP contribution in [-0.4, -0.2) is 16.7 Å². The SMILES string of the molecule is CC(=O)Nc1c(C(=O)c2ccco2)oc2nc(-c3ccccc3Cl)c(-c3ccc(Cl)cc3)cc12. The molecular formula is C26H16Cl2N2O4. The maximum atomic E-state index is 13.1. The van der Waals surface area contributed by atoms with E-state index in [4.69, 9.17) is 37.0 Å². The highest BCUT2D eigenvalue weighted by atomic mass is 35.5. The minimum absolute atomic E-state index is 0.0778. The fraction of sp³-hybridized carbons (Fsp3) is 0.0385. The van der Waals surface area contributed by atoms with Gasteiger partial charge in [-0.25, -0.2) is 4.98 Å². The Balaban J connectivity index is 1.82.